The highest BCUT2D eigenvalue weighted by molar-refractivity contribution is 5.98. The highest BCUT2D eigenvalue weighted by Gasteiger charge is 2.23. The molecule has 4 N–H and O–H groups in total. The van der Waals surface area contributed by atoms with E-state index in [1.165, 1.54) is 12.8 Å². The van der Waals surface area contributed by atoms with Crippen molar-refractivity contribution in [3.05, 3.63) is 79.4 Å². The number of fused-ring (bicyclic) bond motifs is 2. The second-order valence-electron chi connectivity index (χ2n) is 9.95. The summed E-state index contributed by atoms with van der Waals surface area (Å²) in [7, 11) is 0. The van der Waals surface area contributed by atoms with Crippen LogP contribution in [-0.4, -0.2) is 41.5 Å². The zero-order valence-corrected chi connectivity index (χ0v) is 20.7. The molecule has 2 aromatic carbocycles. The van der Waals surface area contributed by atoms with Gasteiger partial charge in [0.05, 0.1) is 28.4 Å². The zero-order valence-electron chi connectivity index (χ0n) is 20.7. The molecular weight excluding hydrogens is 474 g/mol. The van der Waals surface area contributed by atoms with E-state index in [4.69, 9.17) is 4.98 Å². The topological polar surface area (TPSA) is 115 Å². The lowest BCUT2D eigenvalue weighted by Gasteiger charge is -2.20. The van der Waals surface area contributed by atoms with Crippen LogP contribution in [0.5, 0.6) is 0 Å². The van der Waals surface area contributed by atoms with Crippen LogP contribution in [0.4, 0.5) is 5.69 Å². The molecule has 0 saturated heterocycles. The lowest BCUT2D eigenvalue weighted by atomic mass is 10.0. The largest absolute Gasteiger partial charge is 0.374 e. The number of anilines is 1. The molecule has 1 saturated carbocycles. The van der Waals surface area contributed by atoms with Gasteiger partial charge in [-0.05, 0) is 60.4 Å². The zero-order chi connectivity index (χ0) is 25.5. The van der Waals surface area contributed by atoms with Crippen LogP contribution in [0.25, 0.3) is 55.7 Å². The minimum absolute atomic E-state index is 0.298. The summed E-state index contributed by atoms with van der Waals surface area (Å²) in [6.45, 7) is 0. The van der Waals surface area contributed by atoms with Crippen LogP contribution in [0.15, 0.2) is 79.4 Å². The van der Waals surface area contributed by atoms with Gasteiger partial charge in [-0.3, -0.25) is 15.1 Å². The van der Waals surface area contributed by atoms with Crippen molar-refractivity contribution in [3.63, 3.8) is 0 Å². The van der Waals surface area contributed by atoms with Crippen LogP contribution in [0.1, 0.15) is 25.7 Å². The van der Waals surface area contributed by atoms with Gasteiger partial charge in [-0.2, -0.15) is 5.10 Å². The number of pyridine rings is 2. The lowest BCUT2D eigenvalue weighted by Crippen LogP contribution is -2.26. The first-order chi connectivity index (χ1) is 18.7. The second-order valence-corrected chi connectivity index (χ2v) is 9.95. The van der Waals surface area contributed by atoms with E-state index in [9.17, 15) is 5.11 Å². The number of benzene rings is 2. The minimum Gasteiger partial charge on any atom is -0.374 e. The Labute approximate surface area is 219 Å². The predicted octanol–water partition coefficient (Wildman–Crippen LogP) is 6.15. The Morgan fingerprint density at radius 1 is 0.868 bits per heavy atom. The van der Waals surface area contributed by atoms with Crippen LogP contribution in [0, 0.1) is 5.92 Å². The first kappa shape index (κ1) is 22.6. The van der Waals surface area contributed by atoms with E-state index in [0.29, 0.717) is 11.7 Å². The molecule has 1 aliphatic rings. The normalized spacial score (nSPS) is 14.9. The summed E-state index contributed by atoms with van der Waals surface area (Å²) >= 11 is 0. The molecule has 188 valence electrons. The maximum absolute atomic E-state index is 10.6. The number of hydrogen-bond acceptors (Lipinski definition) is 6. The molecule has 0 amide bonds. The Bertz CT molecular complexity index is 1730. The van der Waals surface area contributed by atoms with Crippen LogP contribution in [0.2, 0.25) is 0 Å². The van der Waals surface area contributed by atoms with E-state index in [0.717, 1.165) is 68.4 Å². The number of aliphatic hydroxyl groups is 1. The van der Waals surface area contributed by atoms with Crippen molar-refractivity contribution in [2.24, 2.45) is 5.92 Å². The standard InChI is InChI=1S/C30H27N7O/c38-30(19-4-1-2-5-19)33-22-14-21(16-32-17-22)20-8-9-25-24(15-20)28(37-36-25)29-34-26-7-3-6-23(27(26)35-29)18-10-12-31-13-11-18/h3,6-17,19,30,33,38H,1-2,4-5H2,(H,34,35)(H,36,37). The third kappa shape index (κ3) is 4.09. The van der Waals surface area contributed by atoms with Gasteiger partial charge in [-0.25, -0.2) is 4.98 Å². The molecule has 6 aromatic rings. The molecule has 8 nitrogen and oxygen atoms in total. The molecular formula is C30H27N7O. The average Bonchev–Trinajstić information content (AvgIpc) is 3.73. The third-order valence-electron chi connectivity index (χ3n) is 7.52. The number of nitrogens with one attached hydrogen (secondary N) is 3. The van der Waals surface area contributed by atoms with Crippen molar-refractivity contribution in [1.29, 1.82) is 0 Å². The van der Waals surface area contributed by atoms with Gasteiger partial charge in [0.15, 0.2) is 5.82 Å². The molecule has 8 heteroatoms. The summed E-state index contributed by atoms with van der Waals surface area (Å²) in [4.78, 5) is 17.0. The van der Waals surface area contributed by atoms with Gasteiger partial charge in [-0.15, -0.1) is 0 Å². The molecule has 1 unspecified atom stereocenters. The fourth-order valence-corrected chi connectivity index (χ4v) is 5.52. The van der Waals surface area contributed by atoms with Crippen molar-refractivity contribution in [3.8, 4) is 33.8 Å². The summed E-state index contributed by atoms with van der Waals surface area (Å²) in [6.07, 6.45) is 11.1. The third-order valence-corrected chi connectivity index (χ3v) is 7.52. The van der Waals surface area contributed by atoms with Gasteiger partial charge >= 0.3 is 0 Å². The number of para-hydroxylation sites is 1. The van der Waals surface area contributed by atoms with E-state index in [1.807, 2.05) is 42.6 Å². The lowest BCUT2D eigenvalue weighted by molar-refractivity contribution is 0.137. The van der Waals surface area contributed by atoms with Crippen LogP contribution >= 0.6 is 0 Å². The highest BCUT2D eigenvalue weighted by Crippen LogP contribution is 2.34. The average molecular weight is 502 g/mol. The van der Waals surface area contributed by atoms with Crippen LogP contribution in [0.3, 0.4) is 0 Å². The van der Waals surface area contributed by atoms with Gasteiger partial charge in [0, 0.05) is 41.0 Å². The molecule has 1 aliphatic carbocycles. The Hall–Kier alpha value is -4.56. The summed E-state index contributed by atoms with van der Waals surface area (Å²) in [6, 6.07) is 18.3. The maximum atomic E-state index is 10.6. The van der Waals surface area contributed by atoms with Crippen molar-refractivity contribution in [2.45, 2.75) is 31.9 Å². The van der Waals surface area contributed by atoms with Gasteiger partial charge in [-0.1, -0.05) is 31.0 Å². The highest BCUT2D eigenvalue weighted by atomic mass is 16.3. The first-order valence-electron chi connectivity index (χ1n) is 13.0. The summed E-state index contributed by atoms with van der Waals surface area (Å²) < 4.78 is 0. The van der Waals surface area contributed by atoms with Crippen molar-refractivity contribution in [1.82, 2.24) is 30.1 Å². The molecule has 38 heavy (non-hydrogen) atoms. The first-order valence-corrected chi connectivity index (χ1v) is 13.0. The predicted molar refractivity (Wildman–Crippen MR) is 149 cm³/mol. The molecule has 0 radical (unpaired) electrons. The number of aromatic nitrogens is 6. The quantitative estimate of drug-likeness (QED) is 0.204. The number of imidazole rings is 1. The molecule has 0 spiro atoms. The molecule has 0 bridgehead atoms. The Morgan fingerprint density at radius 3 is 2.61 bits per heavy atom. The van der Waals surface area contributed by atoms with E-state index in [1.54, 1.807) is 18.6 Å². The number of nitrogens with zero attached hydrogens (tertiary/aromatic N) is 4. The molecule has 7 rings (SSSR count). The summed E-state index contributed by atoms with van der Waals surface area (Å²) in [5.74, 6) is 1.00. The maximum Gasteiger partial charge on any atom is 0.159 e. The number of hydrogen-bond donors (Lipinski definition) is 4. The molecule has 1 fully saturated rings. The van der Waals surface area contributed by atoms with Gasteiger partial charge in [0.25, 0.3) is 0 Å². The van der Waals surface area contributed by atoms with E-state index in [2.05, 4.69) is 48.7 Å². The SMILES string of the molecule is OC(Nc1cncc(-c2ccc3[nH]nc(-c4nc5c(-c6ccncc6)cccc5[nH]4)c3c2)c1)C1CCCC1. The monoisotopic (exact) mass is 501 g/mol. The van der Waals surface area contributed by atoms with E-state index in [-0.39, 0.29) is 0 Å². The Kier molecular flexibility index (Phi) is 5.59. The van der Waals surface area contributed by atoms with Crippen molar-refractivity contribution in [2.75, 3.05) is 5.32 Å². The van der Waals surface area contributed by atoms with Crippen molar-refractivity contribution < 1.29 is 5.11 Å². The molecule has 0 aliphatic heterocycles. The number of aliphatic hydroxyl groups excluding tert-OH is 1. The van der Waals surface area contributed by atoms with Gasteiger partial charge in [0.1, 0.15) is 11.9 Å². The van der Waals surface area contributed by atoms with Crippen LogP contribution < -0.4 is 5.32 Å². The Morgan fingerprint density at radius 2 is 1.74 bits per heavy atom. The molecule has 4 heterocycles. The van der Waals surface area contributed by atoms with Gasteiger partial charge in [0.2, 0.25) is 0 Å². The smallest absolute Gasteiger partial charge is 0.159 e. The second kappa shape index (κ2) is 9.39. The van der Waals surface area contributed by atoms with Crippen LogP contribution in [-0.2, 0) is 0 Å². The number of aromatic amines is 2. The van der Waals surface area contributed by atoms with Crippen molar-refractivity contribution >= 4 is 27.6 Å². The summed E-state index contributed by atoms with van der Waals surface area (Å²) in [5.41, 5.74) is 8.44. The van der Waals surface area contributed by atoms with E-state index >= 15 is 0 Å². The minimum atomic E-state index is -0.553. The fraction of sp³-hybridized carbons (Fsp3) is 0.200. The molecule has 4 aromatic heterocycles. The Balaban J connectivity index is 1.24. The van der Waals surface area contributed by atoms with Gasteiger partial charge < -0.3 is 15.4 Å². The van der Waals surface area contributed by atoms with E-state index < -0.39 is 6.23 Å². The number of H-pyrrole nitrogens is 2. The fourth-order valence-electron chi connectivity index (χ4n) is 5.52. The molecule has 1 atom stereocenters. The summed E-state index contributed by atoms with van der Waals surface area (Å²) in [5, 5.41) is 22.6. The number of rotatable bonds is 6.